The van der Waals surface area contributed by atoms with Crippen molar-refractivity contribution in [3.05, 3.63) is 17.3 Å². The summed E-state index contributed by atoms with van der Waals surface area (Å²) < 4.78 is 26.4. The topological polar surface area (TPSA) is 126 Å². The summed E-state index contributed by atoms with van der Waals surface area (Å²) in [6.45, 7) is 3.59. The van der Waals surface area contributed by atoms with E-state index in [1.165, 1.54) is 13.0 Å². The number of carbonyl (C=O) groups excluding carboxylic acids is 1. The summed E-state index contributed by atoms with van der Waals surface area (Å²) in [7, 11) is -3.90. The number of likely N-dealkylation sites (N-methyl/N-ethyl adjacent to an activating group) is 1. The Morgan fingerprint density at radius 1 is 1.55 bits per heavy atom. The van der Waals surface area contributed by atoms with Crippen molar-refractivity contribution in [2.45, 2.75) is 24.8 Å². The molecule has 0 aliphatic carbocycles. The van der Waals surface area contributed by atoms with Gasteiger partial charge in [0.2, 0.25) is 15.9 Å². The number of hydrogen-bond donors (Lipinski definition) is 4. The number of nitrogens with zero attached hydrogens (tertiary/aromatic N) is 1. The van der Waals surface area contributed by atoms with Gasteiger partial charge in [0.25, 0.3) is 0 Å². The van der Waals surface area contributed by atoms with Gasteiger partial charge >= 0.3 is 0 Å². The zero-order chi connectivity index (χ0) is 15.3. The van der Waals surface area contributed by atoms with Crippen molar-refractivity contribution in [3.63, 3.8) is 0 Å². The Labute approximate surface area is 122 Å². The lowest BCUT2D eigenvalue weighted by Gasteiger charge is -2.14. The number of pyridine rings is 1. The average molecular weight is 322 g/mol. The zero-order valence-electron chi connectivity index (χ0n) is 11.0. The number of sulfonamides is 1. The van der Waals surface area contributed by atoms with Gasteiger partial charge in [-0.2, -0.15) is 4.72 Å². The highest BCUT2D eigenvalue weighted by atomic mass is 35.5. The van der Waals surface area contributed by atoms with Crippen molar-refractivity contribution in [2.24, 2.45) is 5.84 Å². The van der Waals surface area contributed by atoms with Crippen molar-refractivity contribution in [1.82, 2.24) is 15.0 Å². The smallest absolute Gasteiger partial charge is 0.242 e. The second-order valence-electron chi connectivity index (χ2n) is 3.88. The van der Waals surface area contributed by atoms with Gasteiger partial charge in [-0.1, -0.05) is 11.6 Å². The monoisotopic (exact) mass is 321 g/mol. The number of carbonyl (C=O) groups is 1. The van der Waals surface area contributed by atoms with Gasteiger partial charge in [-0.15, -0.1) is 0 Å². The molecule has 0 spiro atoms. The number of rotatable bonds is 6. The molecule has 1 atom stereocenters. The van der Waals surface area contributed by atoms with Crippen molar-refractivity contribution >= 4 is 33.3 Å². The van der Waals surface area contributed by atoms with Gasteiger partial charge in [0.05, 0.1) is 11.1 Å². The maximum Gasteiger partial charge on any atom is 0.242 e. The molecule has 0 aromatic carbocycles. The minimum Gasteiger partial charge on any atom is -0.355 e. The molecule has 1 unspecified atom stereocenters. The van der Waals surface area contributed by atoms with Crippen LogP contribution >= 0.6 is 11.6 Å². The van der Waals surface area contributed by atoms with E-state index in [-0.39, 0.29) is 15.7 Å². The summed E-state index contributed by atoms with van der Waals surface area (Å²) >= 11 is 5.81. The van der Waals surface area contributed by atoms with Crippen LogP contribution in [-0.4, -0.2) is 31.9 Å². The maximum absolute atomic E-state index is 12.1. The Morgan fingerprint density at radius 3 is 2.70 bits per heavy atom. The first kappa shape index (κ1) is 16.6. The molecular formula is C10H16ClN5O3S. The first-order valence-corrected chi connectivity index (χ1v) is 7.60. The number of nitrogen functional groups attached to an aromatic ring is 1. The van der Waals surface area contributed by atoms with E-state index in [0.29, 0.717) is 6.54 Å². The molecule has 5 N–H and O–H groups in total. The van der Waals surface area contributed by atoms with Gasteiger partial charge in [0.15, 0.2) is 5.82 Å². The van der Waals surface area contributed by atoms with Gasteiger partial charge in [-0.05, 0) is 19.9 Å². The molecule has 0 bridgehead atoms. The lowest BCUT2D eigenvalue weighted by atomic mass is 10.3. The molecule has 112 valence electrons. The predicted octanol–water partition coefficient (Wildman–Crippen LogP) is -0.176. The first-order chi connectivity index (χ1) is 9.31. The molecule has 0 radical (unpaired) electrons. The molecule has 1 aromatic heterocycles. The molecule has 0 aliphatic rings. The largest absolute Gasteiger partial charge is 0.355 e. The number of nitrogens with one attached hydrogen (secondary N) is 3. The van der Waals surface area contributed by atoms with Crippen LogP contribution in [0.15, 0.2) is 17.2 Å². The quantitative estimate of drug-likeness (QED) is 0.425. The van der Waals surface area contributed by atoms with Crippen molar-refractivity contribution in [2.75, 3.05) is 12.0 Å². The Bertz CT molecular complexity index is 593. The van der Waals surface area contributed by atoms with E-state index >= 15 is 0 Å². The molecule has 1 heterocycles. The summed E-state index contributed by atoms with van der Waals surface area (Å²) in [5, 5.41) is 2.57. The van der Waals surface area contributed by atoms with E-state index in [1.54, 1.807) is 6.92 Å². The normalized spacial score (nSPS) is 12.8. The van der Waals surface area contributed by atoms with E-state index in [4.69, 9.17) is 17.4 Å². The fraction of sp³-hybridized carbons (Fsp3) is 0.400. The van der Waals surface area contributed by atoms with E-state index in [0.717, 1.165) is 6.20 Å². The molecule has 10 heteroatoms. The van der Waals surface area contributed by atoms with Gasteiger partial charge in [0.1, 0.15) is 4.90 Å². The van der Waals surface area contributed by atoms with Crippen LogP contribution in [-0.2, 0) is 14.8 Å². The van der Waals surface area contributed by atoms with Crippen LogP contribution < -0.4 is 21.3 Å². The lowest BCUT2D eigenvalue weighted by molar-refractivity contribution is -0.122. The number of amides is 1. The fourth-order valence-corrected chi connectivity index (χ4v) is 2.81. The van der Waals surface area contributed by atoms with Crippen molar-refractivity contribution in [1.29, 1.82) is 0 Å². The Kier molecular flexibility index (Phi) is 5.69. The molecule has 20 heavy (non-hydrogen) atoms. The van der Waals surface area contributed by atoms with Crippen molar-refractivity contribution in [3.8, 4) is 0 Å². The van der Waals surface area contributed by atoms with Gasteiger partial charge in [-0.3, -0.25) is 4.79 Å². The van der Waals surface area contributed by atoms with Crippen LogP contribution in [0.5, 0.6) is 0 Å². The molecule has 1 amide bonds. The van der Waals surface area contributed by atoms with Gasteiger partial charge in [-0.25, -0.2) is 19.2 Å². The average Bonchev–Trinajstić information content (AvgIpc) is 2.38. The number of hydrogen-bond acceptors (Lipinski definition) is 6. The number of anilines is 1. The maximum atomic E-state index is 12.1. The van der Waals surface area contributed by atoms with Gasteiger partial charge < -0.3 is 10.7 Å². The van der Waals surface area contributed by atoms with Crippen LogP contribution in [0.1, 0.15) is 13.8 Å². The minimum absolute atomic E-state index is 0.0565. The summed E-state index contributed by atoms with van der Waals surface area (Å²) in [6, 6.07) is 0.280. The number of nitrogens with two attached hydrogens (primary N) is 1. The third kappa shape index (κ3) is 4.04. The number of hydrazine groups is 1. The summed E-state index contributed by atoms with van der Waals surface area (Å²) in [4.78, 5) is 15.1. The summed E-state index contributed by atoms with van der Waals surface area (Å²) in [5.41, 5.74) is 2.23. The zero-order valence-corrected chi connectivity index (χ0v) is 12.5. The fourth-order valence-electron chi connectivity index (χ4n) is 1.36. The Morgan fingerprint density at radius 2 is 2.20 bits per heavy atom. The molecule has 0 aliphatic heterocycles. The van der Waals surface area contributed by atoms with Crippen molar-refractivity contribution < 1.29 is 13.2 Å². The van der Waals surface area contributed by atoms with E-state index in [2.05, 4.69) is 20.4 Å². The number of halogens is 1. The van der Waals surface area contributed by atoms with Gasteiger partial charge in [0, 0.05) is 12.7 Å². The minimum atomic E-state index is -3.90. The lowest BCUT2D eigenvalue weighted by Crippen LogP contribution is -2.44. The van der Waals surface area contributed by atoms with Crippen LogP contribution in [0, 0.1) is 0 Å². The number of aromatic nitrogens is 1. The molecule has 0 saturated heterocycles. The van der Waals surface area contributed by atoms with E-state index in [1.807, 2.05) is 0 Å². The third-order valence-corrected chi connectivity index (χ3v) is 4.14. The molecular weight excluding hydrogens is 306 g/mol. The van der Waals surface area contributed by atoms with E-state index in [9.17, 15) is 13.2 Å². The van der Waals surface area contributed by atoms with Crippen LogP contribution in [0.2, 0.25) is 5.02 Å². The highest BCUT2D eigenvalue weighted by Gasteiger charge is 2.22. The second-order valence-corrected chi connectivity index (χ2v) is 6.00. The highest BCUT2D eigenvalue weighted by Crippen LogP contribution is 2.21. The molecule has 1 rings (SSSR count). The summed E-state index contributed by atoms with van der Waals surface area (Å²) in [6.07, 6.45) is 1.09. The third-order valence-electron chi connectivity index (χ3n) is 2.34. The SMILES string of the molecule is CCNC(=O)C(C)NS(=O)(=O)c1cnc(NN)c(Cl)c1. The second kappa shape index (κ2) is 6.84. The molecule has 0 fully saturated rings. The molecule has 8 nitrogen and oxygen atoms in total. The summed E-state index contributed by atoms with van der Waals surface area (Å²) in [5.74, 6) is 4.88. The molecule has 1 aromatic rings. The standard InChI is InChI=1S/C10H16ClN5O3S/c1-3-13-10(17)6(2)16-20(18,19)7-4-8(11)9(15-12)14-5-7/h4-6,16H,3,12H2,1-2H3,(H,13,17)(H,14,15). The first-order valence-electron chi connectivity index (χ1n) is 5.74. The van der Waals surface area contributed by atoms with Crippen LogP contribution in [0.4, 0.5) is 5.82 Å². The Balaban J connectivity index is 2.94. The van der Waals surface area contributed by atoms with Crippen LogP contribution in [0.3, 0.4) is 0 Å². The molecule has 0 saturated carbocycles. The predicted molar refractivity (Wildman–Crippen MR) is 75.5 cm³/mol. The van der Waals surface area contributed by atoms with E-state index < -0.39 is 22.0 Å². The Hall–Kier alpha value is -1.42. The van der Waals surface area contributed by atoms with Crippen LogP contribution in [0.25, 0.3) is 0 Å². The highest BCUT2D eigenvalue weighted by molar-refractivity contribution is 7.89.